The topological polar surface area (TPSA) is 80.0 Å². The van der Waals surface area contributed by atoms with Gasteiger partial charge in [0, 0.05) is 19.1 Å². The summed E-state index contributed by atoms with van der Waals surface area (Å²) in [4.78, 5) is 26.7. The zero-order valence-corrected chi connectivity index (χ0v) is 14.2. The number of carbonyl (C=O) groups is 2. The zero-order chi connectivity index (χ0) is 17.4. The fourth-order valence-electron chi connectivity index (χ4n) is 3.31. The fraction of sp³-hybridized carbons (Fsp3) is 0.556. The van der Waals surface area contributed by atoms with E-state index in [4.69, 9.17) is 9.15 Å². The normalized spacial score (nSPS) is 24.5. The molecule has 1 aromatic heterocycles. The van der Waals surface area contributed by atoms with Crippen LogP contribution in [0.25, 0.3) is 0 Å². The largest absolute Gasteiger partial charge is 0.503 e. The summed E-state index contributed by atoms with van der Waals surface area (Å²) in [5, 5.41) is 10.3. The average Bonchev–Trinajstić information content (AvgIpc) is 3.24. The van der Waals surface area contributed by atoms with Gasteiger partial charge >= 0.3 is 0 Å². The molecule has 2 aliphatic rings. The van der Waals surface area contributed by atoms with Gasteiger partial charge in [0.15, 0.2) is 11.5 Å². The highest BCUT2D eigenvalue weighted by atomic mass is 16.5. The van der Waals surface area contributed by atoms with E-state index in [9.17, 15) is 14.7 Å². The monoisotopic (exact) mass is 333 g/mol. The Morgan fingerprint density at radius 3 is 2.71 bits per heavy atom. The lowest BCUT2D eigenvalue weighted by Crippen LogP contribution is -2.37. The van der Waals surface area contributed by atoms with Gasteiger partial charge in [-0.25, -0.2) is 0 Å². The van der Waals surface area contributed by atoms with Crippen LogP contribution < -0.4 is 0 Å². The Morgan fingerprint density at radius 2 is 2.17 bits per heavy atom. The Bertz CT molecular complexity index is 681. The average molecular weight is 333 g/mol. The maximum Gasteiger partial charge on any atom is 0.290 e. The van der Waals surface area contributed by atoms with Crippen LogP contribution in [0.5, 0.6) is 0 Å². The van der Waals surface area contributed by atoms with Gasteiger partial charge in [-0.05, 0) is 31.9 Å². The van der Waals surface area contributed by atoms with Crippen molar-refractivity contribution >= 4 is 11.7 Å². The molecule has 0 aromatic carbocycles. The first kappa shape index (κ1) is 16.8. The summed E-state index contributed by atoms with van der Waals surface area (Å²) in [5.41, 5.74) is 0.127. The number of hydrogen-bond acceptors (Lipinski definition) is 5. The molecule has 6 heteroatoms. The molecule has 2 aliphatic heterocycles. The van der Waals surface area contributed by atoms with Crippen molar-refractivity contribution in [2.45, 2.75) is 45.8 Å². The highest BCUT2D eigenvalue weighted by Crippen LogP contribution is 2.40. The van der Waals surface area contributed by atoms with E-state index < -0.39 is 17.7 Å². The maximum absolute atomic E-state index is 12.6. The predicted molar refractivity (Wildman–Crippen MR) is 86.4 cm³/mol. The van der Waals surface area contributed by atoms with Gasteiger partial charge in [-0.3, -0.25) is 9.59 Å². The van der Waals surface area contributed by atoms with E-state index in [0.717, 1.165) is 12.8 Å². The molecule has 3 heterocycles. The highest BCUT2D eigenvalue weighted by Gasteiger charge is 2.46. The Labute approximate surface area is 141 Å². The van der Waals surface area contributed by atoms with E-state index in [1.165, 1.54) is 4.90 Å². The Kier molecular flexibility index (Phi) is 4.49. The SMILES string of the molecule is Cc1ccc(C2C(C(=O)C(C)C)=C(O)C(=O)N2CC2CCCO2)o1. The molecule has 2 unspecified atom stereocenters. The number of hydrogen-bond donors (Lipinski definition) is 1. The molecule has 1 amide bonds. The van der Waals surface area contributed by atoms with Gasteiger partial charge in [0.1, 0.15) is 17.6 Å². The van der Waals surface area contributed by atoms with Gasteiger partial charge in [-0.2, -0.15) is 0 Å². The minimum absolute atomic E-state index is 0.0752. The minimum Gasteiger partial charge on any atom is -0.503 e. The number of aliphatic hydroxyl groups excluding tert-OH is 1. The lowest BCUT2D eigenvalue weighted by molar-refractivity contribution is -0.131. The van der Waals surface area contributed by atoms with Gasteiger partial charge in [0.2, 0.25) is 0 Å². The van der Waals surface area contributed by atoms with Crippen LogP contribution >= 0.6 is 0 Å². The van der Waals surface area contributed by atoms with E-state index in [0.29, 0.717) is 24.7 Å². The number of nitrogens with zero attached hydrogens (tertiary/aromatic N) is 1. The Balaban J connectivity index is 1.99. The second-order valence-electron chi connectivity index (χ2n) is 6.72. The number of aliphatic hydroxyl groups is 1. The number of ketones is 1. The molecule has 0 aliphatic carbocycles. The third-order valence-corrected chi connectivity index (χ3v) is 4.55. The maximum atomic E-state index is 12.6. The fourth-order valence-corrected chi connectivity index (χ4v) is 3.31. The van der Waals surface area contributed by atoms with E-state index in [-0.39, 0.29) is 23.4 Å². The lowest BCUT2D eigenvalue weighted by atomic mass is 9.94. The summed E-state index contributed by atoms with van der Waals surface area (Å²) >= 11 is 0. The second kappa shape index (κ2) is 6.43. The number of carbonyl (C=O) groups excluding carboxylic acids is 2. The third-order valence-electron chi connectivity index (χ3n) is 4.55. The summed E-state index contributed by atoms with van der Waals surface area (Å²) in [7, 11) is 0. The molecule has 1 fully saturated rings. The molecule has 1 saturated heterocycles. The van der Waals surface area contributed by atoms with Crippen molar-refractivity contribution in [2.75, 3.05) is 13.2 Å². The summed E-state index contributed by atoms with van der Waals surface area (Å²) in [5.74, 6) is -0.380. The molecule has 130 valence electrons. The molecular formula is C18H23NO5. The lowest BCUT2D eigenvalue weighted by Gasteiger charge is -2.27. The molecule has 2 atom stereocenters. The first-order valence-electron chi connectivity index (χ1n) is 8.36. The molecular weight excluding hydrogens is 310 g/mol. The van der Waals surface area contributed by atoms with Gasteiger partial charge in [0.25, 0.3) is 5.91 Å². The molecule has 6 nitrogen and oxygen atoms in total. The molecule has 0 spiro atoms. The molecule has 3 rings (SSSR count). The molecule has 0 bridgehead atoms. The Morgan fingerprint density at radius 1 is 1.42 bits per heavy atom. The Hall–Kier alpha value is -2.08. The quantitative estimate of drug-likeness (QED) is 0.896. The first-order valence-corrected chi connectivity index (χ1v) is 8.36. The van der Waals surface area contributed by atoms with Crippen LogP contribution in [0.15, 0.2) is 27.9 Å². The number of furan rings is 1. The molecule has 1 aromatic rings. The summed E-state index contributed by atoms with van der Waals surface area (Å²) in [6.07, 6.45) is 1.74. The molecule has 0 radical (unpaired) electrons. The van der Waals surface area contributed by atoms with Gasteiger partial charge in [0.05, 0.1) is 11.7 Å². The van der Waals surface area contributed by atoms with E-state index in [1.807, 2.05) is 0 Å². The standard InChI is InChI=1S/C18H23NO5/c1-10(2)16(20)14-15(13-7-6-11(3)24-13)19(18(22)17(14)21)9-12-5-4-8-23-12/h6-7,10,12,15,21H,4-5,8-9H2,1-3H3. The van der Waals surface area contributed by atoms with Crippen molar-refractivity contribution in [2.24, 2.45) is 5.92 Å². The molecule has 1 N–H and O–H groups in total. The van der Waals surface area contributed by atoms with Crippen molar-refractivity contribution in [1.82, 2.24) is 4.90 Å². The van der Waals surface area contributed by atoms with Crippen LogP contribution in [-0.2, 0) is 14.3 Å². The number of rotatable bonds is 5. The van der Waals surface area contributed by atoms with E-state index in [2.05, 4.69) is 0 Å². The van der Waals surface area contributed by atoms with Crippen molar-refractivity contribution in [3.63, 3.8) is 0 Å². The summed E-state index contributed by atoms with van der Waals surface area (Å²) in [6, 6.07) is 2.85. The van der Waals surface area contributed by atoms with Crippen LogP contribution in [0.4, 0.5) is 0 Å². The van der Waals surface area contributed by atoms with Crippen LogP contribution in [0.2, 0.25) is 0 Å². The predicted octanol–water partition coefficient (Wildman–Crippen LogP) is 2.69. The minimum atomic E-state index is -0.690. The van der Waals surface area contributed by atoms with Crippen LogP contribution in [0, 0.1) is 12.8 Å². The van der Waals surface area contributed by atoms with Gasteiger partial charge < -0.3 is 19.2 Å². The number of Topliss-reactive ketones (excluding diaryl/α,β-unsaturated/α-hetero) is 1. The smallest absolute Gasteiger partial charge is 0.290 e. The molecule has 0 saturated carbocycles. The third kappa shape index (κ3) is 2.86. The highest BCUT2D eigenvalue weighted by molar-refractivity contribution is 6.09. The van der Waals surface area contributed by atoms with Crippen molar-refractivity contribution in [3.05, 3.63) is 35.0 Å². The van der Waals surface area contributed by atoms with Crippen molar-refractivity contribution in [3.8, 4) is 0 Å². The van der Waals surface area contributed by atoms with Crippen LogP contribution in [0.3, 0.4) is 0 Å². The van der Waals surface area contributed by atoms with Crippen LogP contribution in [-0.4, -0.2) is 41.0 Å². The second-order valence-corrected chi connectivity index (χ2v) is 6.72. The van der Waals surface area contributed by atoms with Crippen LogP contribution in [0.1, 0.15) is 44.3 Å². The van der Waals surface area contributed by atoms with E-state index in [1.54, 1.807) is 32.9 Å². The van der Waals surface area contributed by atoms with Gasteiger partial charge in [-0.1, -0.05) is 13.8 Å². The van der Waals surface area contributed by atoms with E-state index >= 15 is 0 Å². The first-order chi connectivity index (χ1) is 11.4. The zero-order valence-electron chi connectivity index (χ0n) is 14.2. The van der Waals surface area contributed by atoms with Gasteiger partial charge in [-0.15, -0.1) is 0 Å². The summed E-state index contributed by atoms with van der Waals surface area (Å²) in [6.45, 7) is 6.31. The number of aryl methyl sites for hydroxylation is 1. The van der Waals surface area contributed by atoms with Crippen molar-refractivity contribution < 1.29 is 23.8 Å². The molecule has 24 heavy (non-hydrogen) atoms. The number of ether oxygens (including phenoxy) is 1. The van der Waals surface area contributed by atoms with Crippen molar-refractivity contribution in [1.29, 1.82) is 0 Å². The number of amides is 1. The summed E-state index contributed by atoms with van der Waals surface area (Å²) < 4.78 is 11.3.